The molecule has 0 saturated heterocycles. The molecule has 4 N–H and O–H groups in total. The van der Waals surface area contributed by atoms with Gasteiger partial charge in [-0.05, 0) is 25.5 Å². The van der Waals surface area contributed by atoms with Gasteiger partial charge in [-0.15, -0.1) is 0 Å². The molecule has 0 spiro atoms. The van der Waals surface area contributed by atoms with Gasteiger partial charge in [-0.1, -0.05) is 6.92 Å². The number of nitrogens with one attached hydrogen (secondary N) is 1. The van der Waals surface area contributed by atoms with Crippen LogP contribution < -0.4 is 11.1 Å². The lowest BCUT2D eigenvalue weighted by atomic mass is 10.1. The second-order valence-electron chi connectivity index (χ2n) is 4.06. The monoisotopic (exact) mass is 251 g/mol. The standard InChI is InChI=1S/C12H17N3O3/c1-3-8(6-10(16)17)15-12-9(11(13)18)5-4-7(2)14-12/h4-5,8H,3,6H2,1-2H3,(H2,13,18)(H,14,15)(H,16,17). The number of amides is 1. The number of anilines is 1. The Morgan fingerprint density at radius 3 is 2.67 bits per heavy atom. The number of hydrogen-bond acceptors (Lipinski definition) is 4. The SMILES string of the molecule is CCC(CC(=O)O)Nc1nc(C)ccc1C(N)=O. The van der Waals surface area contributed by atoms with E-state index in [-0.39, 0.29) is 18.0 Å². The maximum Gasteiger partial charge on any atom is 0.305 e. The first-order valence-corrected chi connectivity index (χ1v) is 5.69. The van der Waals surface area contributed by atoms with Gasteiger partial charge in [0.05, 0.1) is 12.0 Å². The molecule has 1 heterocycles. The molecule has 1 amide bonds. The summed E-state index contributed by atoms with van der Waals surface area (Å²) in [7, 11) is 0. The molecular formula is C12H17N3O3. The van der Waals surface area contributed by atoms with Crippen molar-refractivity contribution in [1.82, 2.24) is 4.98 Å². The third kappa shape index (κ3) is 3.73. The van der Waals surface area contributed by atoms with Crippen LogP contribution in [0.3, 0.4) is 0 Å². The zero-order valence-electron chi connectivity index (χ0n) is 10.4. The first-order valence-electron chi connectivity index (χ1n) is 5.69. The first kappa shape index (κ1) is 14.0. The Morgan fingerprint density at radius 2 is 2.17 bits per heavy atom. The van der Waals surface area contributed by atoms with E-state index in [1.54, 1.807) is 19.1 Å². The minimum absolute atomic E-state index is 0.0374. The van der Waals surface area contributed by atoms with E-state index in [1.807, 2.05) is 6.92 Å². The largest absolute Gasteiger partial charge is 0.481 e. The average Bonchev–Trinajstić information content (AvgIpc) is 2.27. The van der Waals surface area contributed by atoms with Crippen LogP contribution in [0.4, 0.5) is 5.82 Å². The van der Waals surface area contributed by atoms with Gasteiger partial charge >= 0.3 is 5.97 Å². The van der Waals surface area contributed by atoms with E-state index >= 15 is 0 Å². The van der Waals surface area contributed by atoms with Crippen molar-refractivity contribution in [1.29, 1.82) is 0 Å². The smallest absolute Gasteiger partial charge is 0.305 e. The zero-order valence-corrected chi connectivity index (χ0v) is 10.4. The molecule has 0 aromatic carbocycles. The maximum atomic E-state index is 11.3. The van der Waals surface area contributed by atoms with Crippen LogP contribution in [0.25, 0.3) is 0 Å². The Morgan fingerprint density at radius 1 is 1.50 bits per heavy atom. The van der Waals surface area contributed by atoms with Gasteiger partial charge in [-0.3, -0.25) is 9.59 Å². The van der Waals surface area contributed by atoms with Crippen LogP contribution in [0.15, 0.2) is 12.1 Å². The number of aliphatic carboxylic acids is 1. The molecule has 0 aliphatic carbocycles. The van der Waals surface area contributed by atoms with Gasteiger partial charge < -0.3 is 16.2 Å². The van der Waals surface area contributed by atoms with Crippen LogP contribution in [-0.2, 0) is 4.79 Å². The quantitative estimate of drug-likeness (QED) is 0.703. The predicted molar refractivity (Wildman–Crippen MR) is 67.4 cm³/mol. The normalized spacial score (nSPS) is 11.9. The van der Waals surface area contributed by atoms with Crippen molar-refractivity contribution >= 4 is 17.7 Å². The van der Waals surface area contributed by atoms with E-state index in [2.05, 4.69) is 10.3 Å². The number of rotatable bonds is 6. The summed E-state index contributed by atoms with van der Waals surface area (Å²) in [6.45, 7) is 3.65. The number of nitrogens with zero attached hydrogens (tertiary/aromatic N) is 1. The molecule has 0 aliphatic rings. The topological polar surface area (TPSA) is 105 Å². The van der Waals surface area contributed by atoms with Crippen LogP contribution in [0.2, 0.25) is 0 Å². The van der Waals surface area contributed by atoms with E-state index in [0.29, 0.717) is 12.2 Å². The number of carbonyl (C=O) groups is 2. The molecule has 1 aromatic heterocycles. The van der Waals surface area contributed by atoms with Gasteiger partial charge in [0, 0.05) is 11.7 Å². The molecule has 1 aromatic rings. The molecule has 0 saturated carbocycles. The molecule has 6 nitrogen and oxygen atoms in total. The second-order valence-corrected chi connectivity index (χ2v) is 4.06. The fraction of sp³-hybridized carbons (Fsp3) is 0.417. The number of primary amides is 1. The van der Waals surface area contributed by atoms with Gasteiger partial charge in [0.15, 0.2) is 0 Å². The molecule has 6 heteroatoms. The molecule has 0 radical (unpaired) electrons. The van der Waals surface area contributed by atoms with Crippen LogP contribution in [-0.4, -0.2) is 28.0 Å². The van der Waals surface area contributed by atoms with Crippen LogP contribution in [0.1, 0.15) is 35.8 Å². The third-order valence-corrected chi connectivity index (χ3v) is 2.55. The van der Waals surface area contributed by atoms with Gasteiger partial charge in [-0.25, -0.2) is 4.98 Å². The summed E-state index contributed by atoms with van der Waals surface area (Å²) in [5.74, 6) is -1.14. The number of hydrogen-bond donors (Lipinski definition) is 3. The van der Waals surface area contributed by atoms with Gasteiger partial charge in [0.2, 0.25) is 0 Å². The summed E-state index contributed by atoms with van der Waals surface area (Å²) in [5.41, 5.74) is 6.25. The average molecular weight is 251 g/mol. The molecule has 98 valence electrons. The van der Waals surface area contributed by atoms with Gasteiger partial charge in [-0.2, -0.15) is 0 Å². The minimum Gasteiger partial charge on any atom is -0.481 e. The summed E-state index contributed by atoms with van der Waals surface area (Å²) in [4.78, 5) is 26.1. The number of nitrogens with two attached hydrogens (primary N) is 1. The van der Waals surface area contributed by atoms with Crippen molar-refractivity contribution in [3.05, 3.63) is 23.4 Å². The van der Waals surface area contributed by atoms with Crippen molar-refractivity contribution in [2.45, 2.75) is 32.7 Å². The Kier molecular flexibility index (Phi) is 4.65. The molecule has 1 rings (SSSR count). The van der Waals surface area contributed by atoms with Crippen LogP contribution >= 0.6 is 0 Å². The highest BCUT2D eigenvalue weighted by Crippen LogP contribution is 2.16. The highest BCUT2D eigenvalue weighted by molar-refractivity contribution is 5.97. The lowest BCUT2D eigenvalue weighted by molar-refractivity contribution is -0.137. The maximum absolute atomic E-state index is 11.3. The number of carboxylic acids is 1. The number of aryl methyl sites for hydroxylation is 1. The molecule has 18 heavy (non-hydrogen) atoms. The molecule has 1 atom stereocenters. The summed E-state index contributed by atoms with van der Waals surface area (Å²) in [6.07, 6.45) is 0.574. The Labute approximate surface area is 105 Å². The number of pyridine rings is 1. The molecule has 0 fully saturated rings. The van der Waals surface area contributed by atoms with Crippen LogP contribution in [0.5, 0.6) is 0 Å². The van der Waals surface area contributed by atoms with Crippen molar-refractivity contribution in [3.8, 4) is 0 Å². The molecule has 0 bridgehead atoms. The van der Waals surface area contributed by atoms with E-state index < -0.39 is 11.9 Å². The zero-order chi connectivity index (χ0) is 13.7. The summed E-state index contributed by atoms with van der Waals surface area (Å²) in [6, 6.07) is 2.99. The van der Waals surface area contributed by atoms with E-state index in [4.69, 9.17) is 10.8 Å². The van der Waals surface area contributed by atoms with E-state index in [1.165, 1.54) is 0 Å². The van der Waals surface area contributed by atoms with Crippen LogP contribution in [0, 0.1) is 6.92 Å². The number of carbonyl (C=O) groups excluding carboxylic acids is 1. The third-order valence-electron chi connectivity index (χ3n) is 2.55. The second kappa shape index (κ2) is 6.00. The predicted octanol–water partition coefficient (Wildman–Crippen LogP) is 1.15. The highest BCUT2D eigenvalue weighted by Gasteiger charge is 2.16. The summed E-state index contributed by atoms with van der Waals surface area (Å²) in [5, 5.41) is 11.7. The van der Waals surface area contributed by atoms with Crippen molar-refractivity contribution in [2.75, 3.05) is 5.32 Å². The lowest BCUT2D eigenvalue weighted by Gasteiger charge is -2.17. The number of carboxylic acid groups (broad SMARTS) is 1. The molecule has 1 unspecified atom stereocenters. The summed E-state index contributed by atoms with van der Waals surface area (Å²) < 4.78 is 0. The summed E-state index contributed by atoms with van der Waals surface area (Å²) >= 11 is 0. The van der Waals surface area contributed by atoms with E-state index in [9.17, 15) is 9.59 Å². The fourth-order valence-corrected chi connectivity index (χ4v) is 1.57. The Bertz CT molecular complexity index is 460. The van der Waals surface area contributed by atoms with Gasteiger partial charge in [0.1, 0.15) is 5.82 Å². The highest BCUT2D eigenvalue weighted by atomic mass is 16.4. The van der Waals surface area contributed by atoms with Crippen molar-refractivity contribution in [2.24, 2.45) is 5.73 Å². The fourth-order valence-electron chi connectivity index (χ4n) is 1.57. The Balaban J connectivity index is 2.96. The van der Waals surface area contributed by atoms with Gasteiger partial charge in [0.25, 0.3) is 5.91 Å². The van der Waals surface area contributed by atoms with Crippen molar-refractivity contribution < 1.29 is 14.7 Å². The van der Waals surface area contributed by atoms with Crippen molar-refractivity contribution in [3.63, 3.8) is 0 Å². The van der Waals surface area contributed by atoms with E-state index in [0.717, 1.165) is 5.69 Å². The first-order chi connectivity index (χ1) is 8.43. The Hall–Kier alpha value is -2.11. The lowest BCUT2D eigenvalue weighted by Crippen LogP contribution is -2.25. The number of aromatic nitrogens is 1. The molecule has 0 aliphatic heterocycles. The minimum atomic E-state index is -0.900. The molecular weight excluding hydrogens is 234 g/mol.